The van der Waals surface area contributed by atoms with Gasteiger partial charge in [-0.25, -0.2) is 5.43 Å². The smallest absolute Gasteiger partial charge is 0.0396 e. The molecule has 0 aromatic heterocycles. The van der Waals surface area contributed by atoms with Crippen molar-refractivity contribution in [2.75, 3.05) is 13.1 Å². The summed E-state index contributed by atoms with van der Waals surface area (Å²) >= 11 is 0. The van der Waals surface area contributed by atoms with Crippen molar-refractivity contribution in [2.24, 2.45) is 10.9 Å². The monoisotopic (exact) mass is 137 g/mol. The van der Waals surface area contributed by atoms with Gasteiger partial charge in [0.2, 0.25) is 0 Å². The fourth-order valence-electron chi connectivity index (χ4n) is 1.36. The Morgan fingerprint density at radius 1 is 1.60 bits per heavy atom. The van der Waals surface area contributed by atoms with Gasteiger partial charge in [-0.2, -0.15) is 0 Å². The van der Waals surface area contributed by atoms with E-state index in [0.717, 1.165) is 13.1 Å². The molecule has 2 aliphatic heterocycles. The third-order valence-corrected chi connectivity index (χ3v) is 1.99. The molecule has 2 N–H and O–H groups in total. The summed E-state index contributed by atoms with van der Waals surface area (Å²) in [5, 5.41) is 0. The zero-order chi connectivity index (χ0) is 6.81. The lowest BCUT2D eigenvalue weighted by Crippen LogP contribution is -2.20. The number of rotatable bonds is 0. The Morgan fingerprint density at radius 2 is 2.60 bits per heavy atom. The Hall–Kier alpha value is -0.830. The van der Waals surface area contributed by atoms with E-state index in [4.69, 9.17) is 0 Å². The van der Waals surface area contributed by atoms with Crippen molar-refractivity contribution in [3.05, 3.63) is 11.8 Å². The number of hydrogen-bond donors (Lipinski definition) is 2. The number of aliphatic imine (C=N–C) groups is 1. The van der Waals surface area contributed by atoms with Gasteiger partial charge in [-0.05, 0) is 12.5 Å². The fourth-order valence-corrected chi connectivity index (χ4v) is 1.36. The van der Waals surface area contributed by atoms with Gasteiger partial charge in [-0.1, -0.05) is 0 Å². The fraction of sp³-hybridized carbons (Fsp3) is 0.571. The minimum atomic E-state index is 0.669. The van der Waals surface area contributed by atoms with E-state index in [2.05, 4.69) is 21.9 Å². The van der Waals surface area contributed by atoms with Crippen LogP contribution in [0.3, 0.4) is 0 Å². The van der Waals surface area contributed by atoms with Gasteiger partial charge in [0.1, 0.15) is 0 Å². The molecule has 2 heterocycles. The third kappa shape index (κ3) is 0.926. The molecule has 3 heteroatoms. The second-order valence-corrected chi connectivity index (χ2v) is 2.67. The van der Waals surface area contributed by atoms with Crippen LogP contribution >= 0.6 is 0 Å². The molecular formula is C7H11N3. The molecule has 0 radical (unpaired) electrons. The van der Waals surface area contributed by atoms with Crippen molar-refractivity contribution in [1.82, 2.24) is 10.9 Å². The van der Waals surface area contributed by atoms with Gasteiger partial charge in [-0.3, -0.25) is 4.99 Å². The van der Waals surface area contributed by atoms with Gasteiger partial charge in [0.05, 0.1) is 0 Å². The number of fused-ring (bicyclic) bond motifs is 1. The Kier molecular flexibility index (Phi) is 1.43. The highest BCUT2D eigenvalue weighted by molar-refractivity contribution is 5.72. The van der Waals surface area contributed by atoms with Gasteiger partial charge < -0.3 is 5.43 Å². The summed E-state index contributed by atoms with van der Waals surface area (Å²) in [6.45, 7) is 2.02. The van der Waals surface area contributed by atoms with E-state index in [9.17, 15) is 0 Å². The van der Waals surface area contributed by atoms with Gasteiger partial charge in [0.25, 0.3) is 0 Å². The number of hydrogen-bond acceptors (Lipinski definition) is 3. The maximum Gasteiger partial charge on any atom is 0.0396 e. The molecule has 0 aromatic rings. The predicted octanol–water partition coefficient (Wildman–Crippen LogP) is 0.0688. The predicted molar refractivity (Wildman–Crippen MR) is 40.7 cm³/mol. The van der Waals surface area contributed by atoms with E-state index in [-0.39, 0.29) is 0 Å². The lowest BCUT2D eigenvalue weighted by molar-refractivity contribution is 0.606. The van der Waals surface area contributed by atoms with E-state index in [1.165, 1.54) is 12.1 Å². The van der Waals surface area contributed by atoms with E-state index >= 15 is 0 Å². The largest absolute Gasteiger partial charge is 0.325 e. The first-order valence-corrected chi connectivity index (χ1v) is 3.66. The number of nitrogens with one attached hydrogen (secondary N) is 2. The molecule has 10 heavy (non-hydrogen) atoms. The molecule has 0 aromatic carbocycles. The summed E-state index contributed by atoms with van der Waals surface area (Å²) in [6, 6.07) is 0. The van der Waals surface area contributed by atoms with Crippen LogP contribution in [-0.4, -0.2) is 19.3 Å². The lowest BCUT2D eigenvalue weighted by Gasteiger charge is -2.03. The maximum absolute atomic E-state index is 4.18. The first-order valence-electron chi connectivity index (χ1n) is 3.66. The number of hydrazine groups is 1. The molecular weight excluding hydrogens is 126 g/mol. The minimum Gasteiger partial charge on any atom is -0.325 e. The van der Waals surface area contributed by atoms with Crippen molar-refractivity contribution in [2.45, 2.75) is 6.42 Å². The average Bonchev–Trinajstić information content (AvgIpc) is 2.28. The topological polar surface area (TPSA) is 36.4 Å². The molecule has 0 spiro atoms. The first-order chi connectivity index (χ1) is 4.97. The van der Waals surface area contributed by atoms with Crippen molar-refractivity contribution in [3.63, 3.8) is 0 Å². The molecule has 0 bridgehead atoms. The molecule has 1 unspecified atom stereocenters. The van der Waals surface area contributed by atoms with Gasteiger partial charge in [0, 0.05) is 30.9 Å². The molecule has 54 valence electrons. The molecule has 2 rings (SSSR count). The van der Waals surface area contributed by atoms with Crippen molar-refractivity contribution < 1.29 is 0 Å². The lowest BCUT2D eigenvalue weighted by atomic mass is 10.0. The van der Waals surface area contributed by atoms with Gasteiger partial charge >= 0.3 is 0 Å². The highest BCUT2D eigenvalue weighted by atomic mass is 15.4. The average molecular weight is 137 g/mol. The Bertz CT molecular complexity index is 183. The Labute approximate surface area is 60.2 Å². The summed E-state index contributed by atoms with van der Waals surface area (Å²) in [7, 11) is 0. The maximum atomic E-state index is 4.18. The summed E-state index contributed by atoms with van der Waals surface area (Å²) in [6.07, 6.45) is 5.11. The van der Waals surface area contributed by atoms with Crippen LogP contribution in [0.5, 0.6) is 0 Å². The summed E-state index contributed by atoms with van der Waals surface area (Å²) in [4.78, 5) is 4.18. The SMILES string of the molecule is C1=NCCC2CNNC2=C1. The summed E-state index contributed by atoms with van der Waals surface area (Å²) in [5.74, 6) is 0.669. The van der Waals surface area contributed by atoms with Crippen LogP contribution in [-0.2, 0) is 0 Å². The van der Waals surface area contributed by atoms with E-state index < -0.39 is 0 Å². The molecule has 1 atom stereocenters. The van der Waals surface area contributed by atoms with Crippen molar-refractivity contribution in [3.8, 4) is 0 Å². The molecule has 2 aliphatic rings. The summed E-state index contributed by atoms with van der Waals surface area (Å²) < 4.78 is 0. The molecule has 0 amide bonds. The van der Waals surface area contributed by atoms with Crippen LogP contribution in [0.1, 0.15) is 6.42 Å². The highest BCUT2D eigenvalue weighted by Crippen LogP contribution is 2.16. The minimum absolute atomic E-state index is 0.669. The van der Waals surface area contributed by atoms with Gasteiger partial charge in [-0.15, -0.1) is 0 Å². The van der Waals surface area contributed by atoms with E-state index in [1.54, 1.807) is 0 Å². The first kappa shape index (κ1) is 5.92. The second-order valence-electron chi connectivity index (χ2n) is 2.67. The van der Waals surface area contributed by atoms with Crippen molar-refractivity contribution >= 4 is 6.21 Å². The summed E-state index contributed by atoms with van der Waals surface area (Å²) in [5.41, 5.74) is 7.52. The highest BCUT2D eigenvalue weighted by Gasteiger charge is 2.19. The second kappa shape index (κ2) is 2.42. The van der Waals surface area contributed by atoms with Crippen LogP contribution in [0.2, 0.25) is 0 Å². The van der Waals surface area contributed by atoms with Crippen molar-refractivity contribution in [1.29, 1.82) is 0 Å². The Balaban J connectivity index is 2.18. The van der Waals surface area contributed by atoms with Crippen LogP contribution in [0.25, 0.3) is 0 Å². The quantitative estimate of drug-likeness (QED) is 0.495. The zero-order valence-electron chi connectivity index (χ0n) is 5.80. The normalized spacial score (nSPS) is 30.4. The van der Waals surface area contributed by atoms with Crippen LogP contribution in [0, 0.1) is 5.92 Å². The van der Waals surface area contributed by atoms with Crippen LogP contribution < -0.4 is 10.9 Å². The molecule has 0 saturated carbocycles. The number of nitrogens with zero attached hydrogens (tertiary/aromatic N) is 1. The number of allylic oxidation sites excluding steroid dienone is 1. The van der Waals surface area contributed by atoms with Gasteiger partial charge in [0.15, 0.2) is 0 Å². The molecule has 1 fully saturated rings. The van der Waals surface area contributed by atoms with E-state index in [0.29, 0.717) is 5.92 Å². The zero-order valence-corrected chi connectivity index (χ0v) is 5.80. The van der Waals surface area contributed by atoms with Crippen LogP contribution in [0.15, 0.2) is 16.8 Å². The van der Waals surface area contributed by atoms with E-state index in [1.807, 2.05) is 6.21 Å². The molecule has 1 saturated heterocycles. The Morgan fingerprint density at radius 3 is 3.60 bits per heavy atom. The molecule has 0 aliphatic carbocycles. The third-order valence-electron chi connectivity index (χ3n) is 1.99. The van der Waals surface area contributed by atoms with Crippen LogP contribution in [0.4, 0.5) is 0 Å². The standard InChI is InChI=1S/C7H11N3/c1-3-8-4-2-7-6(1)5-9-10-7/h2,4,6,9-10H,1,3,5H2. The molecule has 3 nitrogen and oxygen atoms in total.